The molecule has 0 spiro atoms. The zero-order valence-electron chi connectivity index (χ0n) is 21.6. The van der Waals surface area contributed by atoms with E-state index in [-0.39, 0.29) is 21.8 Å². The normalized spacial score (nSPS) is 11.4. The van der Waals surface area contributed by atoms with Crippen LogP contribution in [0.2, 0.25) is 0 Å². The third-order valence-corrected chi connectivity index (χ3v) is 8.13. The van der Waals surface area contributed by atoms with Crippen LogP contribution in [0.4, 0.5) is 14.5 Å². The standard InChI is InChI=1S/C32H18F2N4O3S/c33-18-13-14-21(24(34)15-18)23-16-25(22-12-6-8-17-7-4-5-11-20(17)22)36-31-26(23)27(35)30(42-31)29(39)28-32(40)41-37-38(28)19-9-2-1-3-10-19/h1-16H,(H2-,35,37,39,40)/p+1. The number of thiophene rings is 1. The van der Waals surface area contributed by atoms with Gasteiger partial charge in [-0.25, -0.2) is 13.8 Å². The maximum absolute atomic E-state index is 15.2. The lowest BCUT2D eigenvalue weighted by atomic mass is 9.96. The molecule has 42 heavy (non-hydrogen) atoms. The number of para-hydroxylation sites is 1. The van der Waals surface area contributed by atoms with Gasteiger partial charge in [-0.2, -0.15) is 0 Å². The Morgan fingerprint density at radius 1 is 0.881 bits per heavy atom. The molecule has 3 heterocycles. The van der Waals surface area contributed by atoms with Crippen molar-refractivity contribution in [2.45, 2.75) is 0 Å². The van der Waals surface area contributed by atoms with Crippen LogP contribution in [0.25, 0.3) is 49.1 Å². The highest BCUT2D eigenvalue weighted by molar-refractivity contribution is 7.21. The number of pyridine rings is 1. The molecule has 3 aromatic heterocycles. The molecule has 4 aromatic carbocycles. The highest BCUT2D eigenvalue weighted by Crippen LogP contribution is 2.43. The molecule has 204 valence electrons. The van der Waals surface area contributed by atoms with E-state index in [1.165, 1.54) is 10.7 Å². The summed E-state index contributed by atoms with van der Waals surface area (Å²) in [5.41, 5.74) is 8.63. The maximum Gasteiger partial charge on any atom is 0.393 e. The Labute approximate surface area is 240 Å². The zero-order valence-corrected chi connectivity index (χ0v) is 22.4. The van der Waals surface area contributed by atoms with E-state index >= 15 is 4.39 Å². The third kappa shape index (κ3) is 4.08. The molecule has 0 aliphatic heterocycles. The van der Waals surface area contributed by atoms with Gasteiger partial charge in [-0.1, -0.05) is 60.7 Å². The number of fused-ring (bicyclic) bond motifs is 2. The molecular formula is C32H19F2N4O3S+. The van der Waals surface area contributed by atoms with Crippen LogP contribution in [0.15, 0.2) is 102 Å². The number of anilines is 1. The number of nitrogen functional groups attached to an aromatic ring is 1. The van der Waals surface area contributed by atoms with Gasteiger partial charge in [0.2, 0.25) is 11.0 Å². The quantitative estimate of drug-likeness (QED) is 0.171. The van der Waals surface area contributed by atoms with Crippen molar-refractivity contribution in [3.63, 3.8) is 0 Å². The molecule has 7 rings (SSSR count). The molecule has 10 heteroatoms. The van der Waals surface area contributed by atoms with E-state index in [1.807, 2.05) is 42.5 Å². The minimum absolute atomic E-state index is 0.0379. The fraction of sp³-hybridized carbons (Fsp3) is 0. The molecule has 0 bridgehead atoms. The van der Waals surface area contributed by atoms with Crippen LogP contribution in [0.5, 0.6) is 5.95 Å². The molecule has 0 atom stereocenters. The number of carbonyl (C=O) groups is 1. The van der Waals surface area contributed by atoms with Gasteiger partial charge >= 0.3 is 11.6 Å². The first-order chi connectivity index (χ1) is 20.4. The average molecular weight is 578 g/mol. The minimum atomic E-state index is -0.788. The number of ketones is 1. The first-order valence-corrected chi connectivity index (χ1v) is 13.6. The maximum atomic E-state index is 15.2. The van der Waals surface area contributed by atoms with Gasteiger partial charge in [0.05, 0.1) is 11.4 Å². The van der Waals surface area contributed by atoms with Crippen molar-refractivity contribution in [2.75, 3.05) is 5.73 Å². The summed E-state index contributed by atoms with van der Waals surface area (Å²) in [7, 11) is 0. The zero-order chi connectivity index (χ0) is 29.0. The Balaban J connectivity index is 1.49. The number of nitrogens with two attached hydrogens (primary N) is 1. The van der Waals surface area contributed by atoms with Crippen LogP contribution in [0.1, 0.15) is 15.4 Å². The first kappa shape index (κ1) is 25.5. The summed E-state index contributed by atoms with van der Waals surface area (Å²) >= 11 is 0.999. The number of aromatic nitrogens is 3. The number of hydrogen-bond donors (Lipinski definition) is 2. The molecule has 0 saturated heterocycles. The van der Waals surface area contributed by atoms with Crippen molar-refractivity contribution in [2.24, 2.45) is 0 Å². The number of benzene rings is 4. The lowest BCUT2D eigenvalue weighted by molar-refractivity contribution is -0.672. The first-order valence-electron chi connectivity index (χ1n) is 12.8. The molecule has 0 aliphatic rings. The molecular weight excluding hydrogens is 558 g/mol. The van der Waals surface area contributed by atoms with E-state index in [0.717, 1.165) is 39.8 Å². The third-order valence-electron chi connectivity index (χ3n) is 7.03. The van der Waals surface area contributed by atoms with Gasteiger partial charge in [0.25, 0.3) is 5.78 Å². The highest BCUT2D eigenvalue weighted by atomic mass is 32.1. The van der Waals surface area contributed by atoms with Crippen molar-refractivity contribution in [1.29, 1.82) is 0 Å². The fourth-order valence-electron chi connectivity index (χ4n) is 5.10. The predicted octanol–water partition coefficient (Wildman–Crippen LogP) is 6.85. The summed E-state index contributed by atoms with van der Waals surface area (Å²) in [6.45, 7) is 0. The van der Waals surface area contributed by atoms with Gasteiger partial charge in [-0.3, -0.25) is 9.32 Å². The van der Waals surface area contributed by atoms with Gasteiger partial charge in [0.15, 0.2) is 0 Å². The summed E-state index contributed by atoms with van der Waals surface area (Å²) in [5, 5.41) is 16.5. The number of carbonyl (C=O) groups excluding carboxylic acids is 1. The topological polar surface area (TPSA) is 106 Å². The van der Waals surface area contributed by atoms with Crippen LogP contribution in [-0.2, 0) is 0 Å². The van der Waals surface area contributed by atoms with Gasteiger partial charge in [-0.15, -0.1) is 11.3 Å². The summed E-state index contributed by atoms with van der Waals surface area (Å²) in [6, 6.07) is 27.2. The van der Waals surface area contributed by atoms with E-state index in [2.05, 4.69) is 5.27 Å². The average Bonchev–Trinajstić information content (AvgIpc) is 3.56. The fourth-order valence-corrected chi connectivity index (χ4v) is 6.16. The van der Waals surface area contributed by atoms with E-state index < -0.39 is 23.4 Å². The SMILES string of the molecule is Nc1c(C(=O)c2c(O)on[n+]2-c2ccccc2)sc2nc(-c3cccc4ccccc34)cc(-c3ccc(F)cc3F)c12. The Morgan fingerprint density at radius 3 is 2.45 bits per heavy atom. The summed E-state index contributed by atoms with van der Waals surface area (Å²) < 4.78 is 35.3. The molecule has 3 N–H and O–H groups in total. The lowest BCUT2D eigenvalue weighted by Crippen LogP contribution is -2.38. The Hall–Kier alpha value is -5.48. The van der Waals surface area contributed by atoms with E-state index in [4.69, 9.17) is 15.2 Å². The second-order valence-electron chi connectivity index (χ2n) is 9.53. The van der Waals surface area contributed by atoms with Crippen LogP contribution in [-0.4, -0.2) is 21.1 Å². The smallest absolute Gasteiger partial charge is 0.393 e. The van der Waals surface area contributed by atoms with Gasteiger partial charge in [0.1, 0.15) is 21.3 Å². The van der Waals surface area contributed by atoms with E-state index in [9.17, 15) is 14.3 Å². The van der Waals surface area contributed by atoms with Crippen LogP contribution < -0.4 is 10.4 Å². The molecule has 7 aromatic rings. The number of rotatable bonds is 5. The Kier molecular flexibility index (Phi) is 5.98. The van der Waals surface area contributed by atoms with Crippen molar-refractivity contribution in [1.82, 2.24) is 10.3 Å². The second kappa shape index (κ2) is 9.86. The second-order valence-corrected chi connectivity index (χ2v) is 10.5. The molecule has 7 nitrogen and oxygen atoms in total. The Morgan fingerprint density at radius 2 is 1.64 bits per heavy atom. The van der Waals surface area contributed by atoms with E-state index in [1.54, 1.807) is 36.4 Å². The van der Waals surface area contributed by atoms with Gasteiger partial charge in [-0.05, 0) is 34.5 Å². The van der Waals surface area contributed by atoms with Gasteiger partial charge in [0, 0.05) is 39.4 Å². The minimum Gasteiger partial charge on any atom is -0.474 e. The van der Waals surface area contributed by atoms with Crippen LogP contribution >= 0.6 is 11.3 Å². The molecule has 0 amide bonds. The predicted molar refractivity (Wildman–Crippen MR) is 155 cm³/mol. The molecule has 0 unspecified atom stereocenters. The van der Waals surface area contributed by atoms with E-state index in [0.29, 0.717) is 27.2 Å². The monoisotopic (exact) mass is 577 g/mol. The summed E-state index contributed by atoms with van der Waals surface area (Å²) in [5.74, 6) is -2.85. The molecule has 0 aliphatic carbocycles. The van der Waals surface area contributed by atoms with Gasteiger partial charge < -0.3 is 10.8 Å². The van der Waals surface area contributed by atoms with Crippen molar-refractivity contribution in [3.05, 3.63) is 119 Å². The molecule has 0 radical (unpaired) electrons. The summed E-state index contributed by atoms with van der Waals surface area (Å²) in [4.78, 5) is 19.2. The number of aromatic hydroxyl groups is 1. The lowest BCUT2D eigenvalue weighted by Gasteiger charge is -2.11. The number of hydrogen-bond acceptors (Lipinski definition) is 7. The molecule has 0 fully saturated rings. The number of nitrogens with zero attached hydrogens (tertiary/aromatic N) is 3. The molecule has 0 saturated carbocycles. The van der Waals surface area contributed by atoms with Crippen LogP contribution in [0.3, 0.4) is 0 Å². The van der Waals surface area contributed by atoms with Crippen LogP contribution in [0, 0.1) is 11.6 Å². The van der Waals surface area contributed by atoms with Crippen molar-refractivity contribution < 1.29 is 27.9 Å². The largest absolute Gasteiger partial charge is 0.474 e. The number of halogens is 2. The highest BCUT2D eigenvalue weighted by Gasteiger charge is 2.37. The van der Waals surface area contributed by atoms with Crippen molar-refractivity contribution >= 4 is 43.8 Å². The Bertz CT molecular complexity index is 2170. The summed E-state index contributed by atoms with van der Waals surface area (Å²) in [6.07, 6.45) is 0. The van der Waals surface area contributed by atoms with Crippen molar-refractivity contribution in [3.8, 4) is 34.0 Å².